The molecule has 8 nitrogen and oxygen atoms in total. The van der Waals surface area contributed by atoms with Crippen LogP contribution in [0.1, 0.15) is 42.1 Å². The van der Waals surface area contributed by atoms with E-state index in [1.54, 1.807) is 6.07 Å². The van der Waals surface area contributed by atoms with Crippen LogP contribution in [0.5, 0.6) is 0 Å². The Balaban J connectivity index is 1.80. The molecular formula is C19H21FN4O4. The predicted molar refractivity (Wildman–Crippen MR) is 100.0 cm³/mol. The van der Waals surface area contributed by atoms with Gasteiger partial charge in [-0.3, -0.25) is 9.59 Å². The van der Waals surface area contributed by atoms with Crippen molar-refractivity contribution in [2.24, 2.45) is 0 Å². The summed E-state index contributed by atoms with van der Waals surface area (Å²) in [7, 11) is 0. The van der Waals surface area contributed by atoms with Gasteiger partial charge in [0.05, 0.1) is 11.4 Å². The molecule has 0 saturated carbocycles. The quantitative estimate of drug-likeness (QED) is 0.623. The number of halogens is 1. The van der Waals surface area contributed by atoms with Gasteiger partial charge in [-0.25, -0.2) is 14.3 Å². The highest BCUT2D eigenvalue weighted by Crippen LogP contribution is 2.23. The Morgan fingerprint density at radius 2 is 2.00 bits per heavy atom. The monoisotopic (exact) mass is 388 g/mol. The standard InChI is InChI=1S/C19H21FN4O4/c1-10(18(26)27)21-19(28)22-16-9-11(6-7-14(16)20)8-15-12-4-2-3-5-13(12)17(25)24-23-15/h6-7,9-10H,2-5,8H2,1H3,(H,24,25)(H,26,27)(H2,21,22,28)/t10-/m0/s1. The fourth-order valence-electron chi connectivity index (χ4n) is 3.26. The number of aromatic amines is 1. The molecule has 0 bridgehead atoms. The van der Waals surface area contributed by atoms with Crippen molar-refractivity contribution < 1.29 is 19.1 Å². The van der Waals surface area contributed by atoms with Gasteiger partial charge in [0, 0.05) is 12.0 Å². The minimum Gasteiger partial charge on any atom is -0.480 e. The van der Waals surface area contributed by atoms with Crippen LogP contribution < -0.4 is 16.2 Å². The zero-order valence-corrected chi connectivity index (χ0v) is 15.3. The van der Waals surface area contributed by atoms with Crippen LogP contribution in [0.2, 0.25) is 0 Å². The Morgan fingerprint density at radius 1 is 1.29 bits per heavy atom. The summed E-state index contributed by atoms with van der Waals surface area (Å²) in [4.78, 5) is 34.6. The highest BCUT2D eigenvalue weighted by molar-refractivity contribution is 5.92. The van der Waals surface area contributed by atoms with E-state index in [2.05, 4.69) is 20.8 Å². The second-order valence-electron chi connectivity index (χ2n) is 6.81. The maximum absolute atomic E-state index is 14.1. The molecule has 0 saturated heterocycles. The number of H-pyrrole nitrogens is 1. The van der Waals surface area contributed by atoms with Crippen LogP contribution in [-0.2, 0) is 24.1 Å². The number of rotatable bonds is 5. The Bertz CT molecular complexity index is 973. The molecule has 1 aromatic carbocycles. The molecular weight excluding hydrogens is 367 g/mol. The van der Waals surface area contributed by atoms with Crippen molar-refractivity contribution in [1.82, 2.24) is 15.5 Å². The average molecular weight is 388 g/mol. The molecule has 0 radical (unpaired) electrons. The van der Waals surface area contributed by atoms with Crippen molar-refractivity contribution in [3.63, 3.8) is 0 Å². The van der Waals surface area contributed by atoms with Crippen molar-refractivity contribution >= 4 is 17.7 Å². The van der Waals surface area contributed by atoms with E-state index < -0.39 is 23.9 Å². The second-order valence-corrected chi connectivity index (χ2v) is 6.81. The molecule has 2 aromatic rings. The lowest BCUT2D eigenvalue weighted by molar-refractivity contribution is -0.138. The summed E-state index contributed by atoms with van der Waals surface area (Å²) in [5.74, 6) is -1.84. The highest BCUT2D eigenvalue weighted by Gasteiger charge is 2.19. The summed E-state index contributed by atoms with van der Waals surface area (Å²) in [6, 6.07) is 2.36. The minimum atomic E-state index is -1.20. The molecule has 1 atom stereocenters. The molecule has 1 aliphatic rings. The SMILES string of the molecule is C[C@H](NC(=O)Nc1cc(Cc2n[nH]c(=O)c3c2CCCC3)ccc1F)C(=O)O. The molecule has 0 aliphatic heterocycles. The minimum absolute atomic E-state index is 0.0640. The van der Waals surface area contributed by atoms with E-state index in [-0.39, 0.29) is 11.2 Å². The normalized spacial score (nSPS) is 14.1. The van der Waals surface area contributed by atoms with Gasteiger partial charge in [0.1, 0.15) is 11.9 Å². The van der Waals surface area contributed by atoms with Crippen LogP contribution in [0, 0.1) is 5.82 Å². The molecule has 1 aromatic heterocycles. The zero-order chi connectivity index (χ0) is 20.3. The van der Waals surface area contributed by atoms with Gasteiger partial charge in [0.15, 0.2) is 0 Å². The third-order valence-electron chi connectivity index (χ3n) is 4.75. The largest absolute Gasteiger partial charge is 0.480 e. The Labute approximate surface area is 160 Å². The Morgan fingerprint density at radius 3 is 2.71 bits per heavy atom. The summed E-state index contributed by atoms with van der Waals surface area (Å²) in [5.41, 5.74) is 2.92. The molecule has 2 amide bonds. The maximum Gasteiger partial charge on any atom is 0.325 e. The van der Waals surface area contributed by atoms with Crippen molar-refractivity contribution in [2.45, 2.75) is 45.1 Å². The summed E-state index contributed by atoms with van der Waals surface area (Å²) in [6.07, 6.45) is 3.83. The number of fused-ring (bicyclic) bond motifs is 1. The first kappa shape index (κ1) is 19.5. The van der Waals surface area contributed by atoms with E-state index in [1.165, 1.54) is 19.1 Å². The molecule has 3 rings (SSSR count). The fourth-order valence-corrected chi connectivity index (χ4v) is 3.26. The van der Waals surface area contributed by atoms with Crippen LogP contribution in [0.3, 0.4) is 0 Å². The lowest BCUT2D eigenvalue weighted by Crippen LogP contribution is -2.41. The summed E-state index contributed by atoms with van der Waals surface area (Å²) in [6.45, 7) is 1.31. The second kappa shape index (κ2) is 8.20. The number of carbonyl (C=O) groups is 2. The van der Waals surface area contributed by atoms with Crippen molar-refractivity contribution in [3.05, 3.63) is 56.8 Å². The van der Waals surface area contributed by atoms with Gasteiger partial charge in [0.25, 0.3) is 5.56 Å². The fraction of sp³-hybridized carbons (Fsp3) is 0.368. The number of hydrogen-bond donors (Lipinski definition) is 4. The Hall–Kier alpha value is -3.23. The van der Waals surface area contributed by atoms with Crippen molar-refractivity contribution in [1.29, 1.82) is 0 Å². The molecule has 0 fully saturated rings. The van der Waals surface area contributed by atoms with E-state index in [1.807, 2.05) is 0 Å². The lowest BCUT2D eigenvalue weighted by Gasteiger charge is -2.17. The van der Waals surface area contributed by atoms with Crippen molar-refractivity contribution in [2.75, 3.05) is 5.32 Å². The first-order valence-electron chi connectivity index (χ1n) is 9.03. The lowest BCUT2D eigenvalue weighted by atomic mass is 9.90. The number of amides is 2. The first-order chi connectivity index (χ1) is 13.3. The van der Waals surface area contributed by atoms with Gasteiger partial charge in [-0.15, -0.1) is 0 Å². The number of aliphatic carboxylic acids is 1. The molecule has 28 heavy (non-hydrogen) atoms. The Kier molecular flexibility index (Phi) is 5.72. The van der Waals surface area contributed by atoms with Crippen LogP contribution in [0.4, 0.5) is 14.9 Å². The molecule has 9 heteroatoms. The van der Waals surface area contributed by atoms with Crippen molar-refractivity contribution in [3.8, 4) is 0 Å². The number of carboxylic acid groups (broad SMARTS) is 1. The third kappa shape index (κ3) is 4.36. The summed E-state index contributed by atoms with van der Waals surface area (Å²) < 4.78 is 14.1. The number of nitrogens with one attached hydrogen (secondary N) is 3. The molecule has 0 spiro atoms. The maximum atomic E-state index is 14.1. The number of anilines is 1. The van der Waals surface area contributed by atoms with Gasteiger partial charge in [0.2, 0.25) is 0 Å². The van der Waals surface area contributed by atoms with E-state index in [9.17, 15) is 18.8 Å². The van der Waals surface area contributed by atoms with Gasteiger partial charge in [-0.05, 0) is 55.9 Å². The van der Waals surface area contributed by atoms with Gasteiger partial charge >= 0.3 is 12.0 Å². The van der Waals surface area contributed by atoms with Gasteiger partial charge < -0.3 is 15.7 Å². The highest BCUT2D eigenvalue weighted by atomic mass is 19.1. The predicted octanol–water partition coefficient (Wildman–Crippen LogP) is 1.97. The van der Waals surface area contributed by atoms with E-state index in [0.717, 1.165) is 42.5 Å². The van der Waals surface area contributed by atoms with E-state index in [0.29, 0.717) is 12.0 Å². The zero-order valence-electron chi connectivity index (χ0n) is 15.3. The molecule has 1 aliphatic carbocycles. The topological polar surface area (TPSA) is 124 Å². The summed E-state index contributed by atoms with van der Waals surface area (Å²) in [5, 5.41) is 20.0. The van der Waals surface area contributed by atoms with Crippen LogP contribution in [-0.4, -0.2) is 33.3 Å². The molecule has 4 N–H and O–H groups in total. The third-order valence-corrected chi connectivity index (χ3v) is 4.75. The van der Waals surface area contributed by atoms with Crippen LogP contribution >= 0.6 is 0 Å². The number of nitrogens with zero attached hydrogens (tertiary/aromatic N) is 1. The number of urea groups is 1. The van der Waals surface area contributed by atoms with E-state index >= 15 is 0 Å². The summed E-state index contributed by atoms with van der Waals surface area (Å²) >= 11 is 0. The average Bonchev–Trinajstić information content (AvgIpc) is 2.66. The first-order valence-corrected chi connectivity index (χ1v) is 9.03. The molecule has 148 valence electrons. The number of carboxylic acids is 1. The number of hydrogen-bond acceptors (Lipinski definition) is 4. The number of benzene rings is 1. The van der Waals surface area contributed by atoms with Crippen LogP contribution in [0.25, 0.3) is 0 Å². The number of carbonyl (C=O) groups excluding carboxylic acids is 1. The van der Waals surface area contributed by atoms with Crippen LogP contribution in [0.15, 0.2) is 23.0 Å². The number of aromatic nitrogens is 2. The van der Waals surface area contributed by atoms with E-state index in [4.69, 9.17) is 5.11 Å². The molecule has 1 heterocycles. The van der Waals surface area contributed by atoms with Gasteiger partial charge in [-0.2, -0.15) is 5.10 Å². The smallest absolute Gasteiger partial charge is 0.325 e. The van der Waals surface area contributed by atoms with Gasteiger partial charge in [-0.1, -0.05) is 6.07 Å². The molecule has 0 unspecified atom stereocenters.